The van der Waals surface area contributed by atoms with Crippen molar-refractivity contribution in [1.82, 2.24) is 0 Å². The Bertz CT molecular complexity index is 3150. The van der Waals surface area contributed by atoms with Crippen LogP contribution >= 0.6 is 0 Å². The van der Waals surface area contributed by atoms with Gasteiger partial charge in [-0.15, -0.1) is 0 Å². The second-order valence-corrected chi connectivity index (χ2v) is 14.0. The highest BCUT2D eigenvalue weighted by molar-refractivity contribution is 6.20. The van der Waals surface area contributed by atoms with E-state index in [0.29, 0.717) is 0 Å². The summed E-state index contributed by atoms with van der Waals surface area (Å²) < 4.78 is 13.2. The number of para-hydroxylation sites is 2. The number of hydrogen-bond donors (Lipinski definition) is 0. The number of rotatable bonds is 6. The Balaban J connectivity index is 1.25. The van der Waals surface area contributed by atoms with Crippen LogP contribution in [0.4, 0.5) is 17.1 Å². The molecule has 0 N–H and O–H groups in total. The van der Waals surface area contributed by atoms with E-state index < -0.39 is 0 Å². The molecule has 0 fully saturated rings. The molecule has 2 aromatic heterocycles. The predicted octanol–water partition coefficient (Wildman–Crippen LogP) is 15.1. The zero-order valence-corrected chi connectivity index (χ0v) is 29.8. The van der Waals surface area contributed by atoms with Gasteiger partial charge in [-0.25, -0.2) is 0 Å². The van der Waals surface area contributed by atoms with Crippen LogP contribution in [0.5, 0.6) is 0 Å². The van der Waals surface area contributed by atoms with Gasteiger partial charge in [-0.1, -0.05) is 146 Å². The lowest BCUT2D eigenvalue weighted by molar-refractivity contribution is 0.669. The van der Waals surface area contributed by atoms with Crippen LogP contribution in [-0.4, -0.2) is 0 Å². The molecule has 0 aliphatic rings. The standard InChI is InChI=1S/C52H33NO2/c1-3-15-34(16-4-1)37-31-38(35-17-5-2-6-18-35)33-39(32-37)53(46-25-14-28-49-51(46)44-30-29-36-19-7-8-20-40(36)52(44)55-49)45-24-11-9-21-41(45)42-23-13-27-48-50(42)43-22-10-12-26-47(43)54-48/h1-33H. The van der Waals surface area contributed by atoms with Gasteiger partial charge in [0.05, 0.1) is 16.8 Å². The first-order valence-electron chi connectivity index (χ1n) is 18.7. The highest BCUT2D eigenvalue weighted by Gasteiger charge is 2.25. The zero-order valence-electron chi connectivity index (χ0n) is 29.8. The SMILES string of the molecule is c1ccc(-c2cc(-c3ccccc3)cc(N(c3ccccc3-c3cccc4oc5ccccc5c34)c3cccc4oc5c6ccccc6ccc5c34)c2)cc1. The number of anilines is 3. The lowest BCUT2D eigenvalue weighted by Crippen LogP contribution is -2.12. The zero-order chi connectivity index (χ0) is 36.3. The summed E-state index contributed by atoms with van der Waals surface area (Å²) >= 11 is 0. The van der Waals surface area contributed by atoms with Crippen LogP contribution in [-0.2, 0) is 0 Å². The molecule has 0 bridgehead atoms. The maximum Gasteiger partial charge on any atom is 0.143 e. The number of hydrogen-bond acceptors (Lipinski definition) is 3. The minimum absolute atomic E-state index is 0.844. The summed E-state index contributed by atoms with van der Waals surface area (Å²) in [5, 5.41) is 6.61. The summed E-state index contributed by atoms with van der Waals surface area (Å²) in [4.78, 5) is 2.43. The molecule has 3 heteroatoms. The lowest BCUT2D eigenvalue weighted by atomic mass is 9.95. The summed E-state index contributed by atoms with van der Waals surface area (Å²) in [5.41, 5.74) is 13.4. The van der Waals surface area contributed by atoms with Crippen molar-refractivity contribution < 1.29 is 8.83 Å². The fourth-order valence-electron chi connectivity index (χ4n) is 8.36. The summed E-state index contributed by atoms with van der Waals surface area (Å²) in [6.45, 7) is 0. The highest BCUT2D eigenvalue weighted by Crippen LogP contribution is 2.49. The number of nitrogens with zero attached hydrogens (tertiary/aromatic N) is 1. The molecule has 0 spiro atoms. The van der Waals surface area contributed by atoms with Crippen molar-refractivity contribution in [1.29, 1.82) is 0 Å². The molecule has 9 aromatic carbocycles. The topological polar surface area (TPSA) is 29.5 Å². The molecule has 0 aliphatic carbocycles. The molecule has 258 valence electrons. The Morgan fingerprint density at radius 3 is 1.69 bits per heavy atom. The van der Waals surface area contributed by atoms with E-state index in [1.54, 1.807) is 0 Å². The van der Waals surface area contributed by atoms with Crippen LogP contribution in [0.3, 0.4) is 0 Å². The Kier molecular flexibility index (Phi) is 7.17. The maximum atomic E-state index is 6.79. The molecule has 0 aliphatic heterocycles. The van der Waals surface area contributed by atoms with Gasteiger partial charge in [0.15, 0.2) is 0 Å². The minimum Gasteiger partial charge on any atom is -0.456 e. The van der Waals surface area contributed by atoms with Gasteiger partial charge in [-0.2, -0.15) is 0 Å². The van der Waals surface area contributed by atoms with Crippen LogP contribution in [0.25, 0.3) is 88.0 Å². The van der Waals surface area contributed by atoms with Crippen molar-refractivity contribution in [2.24, 2.45) is 0 Å². The molecule has 0 amide bonds. The van der Waals surface area contributed by atoms with E-state index in [-0.39, 0.29) is 0 Å². The van der Waals surface area contributed by atoms with Gasteiger partial charge in [0.2, 0.25) is 0 Å². The summed E-state index contributed by atoms with van der Waals surface area (Å²) in [6.07, 6.45) is 0. The van der Waals surface area contributed by atoms with Crippen LogP contribution < -0.4 is 4.90 Å². The Hall–Kier alpha value is -7.36. The van der Waals surface area contributed by atoms with Gasteiger partial charge in [0.25, 0.3) is 0 Å². The Morgan fingerprint density at radius 1 is 0.327 bits per heavy atom. The minimum atomic E-state index is 0.844. The molecular weight excluding hydrogens is 671 g/mol. The monoisotopic (exact) mass is 703 g/mol. The van der Waals surface area contributed by atoms with E-state index in [2.05, 4.69) is 193 Å². The highest BCUT2D eigenvalue weighted by atomic mass is 16.3. The lowest BCUT2D eigenvalue weighted by Gasteiger charge is -2.29. The molecule has 0 unspecified atom stereocenters. The molecule has 0 radical (unpaired) electrons. The first-order valence-corrected chi connectivity index (χ1v) is 18.7. The van der Waals surface area contributed by atoms with Crippen molar-refractivity contribution in [3.63, 3.8) is 0 Å². The smallest absolute Gasteiger partial charge is 0.143 e. The van der Waals surface area contributed by atoms with E-state index in [4.69, 9.17) is 8.83 Å². The van der Waals surface area contributed by atoms with Gasteiger partial charge in [-0.05, 0) is 87.8 Å². The molecule has 55 heavy (non-hydrogen) atoms. The Labute approximate surface area is 317 Å². The van der Waals surface area contributed by atoms with Crippen molar-refractivity contribution >= 4 is 71.7 Å². The van der Waals surface area contributed by atoms with Crippen molar-refractivity contribution in [2.75, 3.05) is 4.90 Å². The molecule has 3 nitrogen and oxygen atoms in total. The average Bonchev–Trinajstić information content (AvgIpc) is 3.84. The fraction of sp³-hybridized carbons (Fsp3) is 0. The van der Waals surface area contributed by atoms with Crippen LogP contribution in [0.2, 0.25) is 0 Å². The summed E-state index contributed by atoms with van der Waals surface area (Å²) in [5.74, 6) is 0. The van der Waals surface area contributed by atoms with E-state index in [9.17, 15) is 0 Å². The predicted molar refractivity (Wildman–Crippen MR) is 229 cm³/mol. The number of fused-ring (bicyclic) bond motifs is 8. The van der Waals surface area contributed by atoms with E-state index in [0.717, 1.165) is 105 Å². The van der Waals surface area contributed by atoms with Gasteiger partial charge in [0.1, 0.15) is 22.3 Å². The normalized spacial score (nSPS) is 11.6. The third kappa shape index (κ3) is 5.13. The largest absolute Gasteiger partial charge is 0.456 e. The van der Waals surface area contributed by atoms with E-state index >= 15 is 0 Å². The van der Waals surface area contributed by atoms with Crippen molar-refractivity contribution in [3.05, 3.63) is 200 Å². The fourth-order valence-corrected chi connectivity index (χ4v) is 8.36. The van der Waals surface area contributed by atoms with E-state index in [1.165, 1.54) is 0 Å². The third-order valence-corrected chi connectivity index (χ3v) is 10.8. The van der Waals surface area contributed by atoms with Gasteiger partial charge < -0.3 is 13.7 Å². The van der Waals surface area contributed by atoms with Gasteiger partial charge >= 0.3 is 0 Å². The summed E-state index contributed by atoms with van der Waals surface area (Å²) in [6, 6.07) is 71.0. The molecule has 0 saturated carbocycles. The quantitative estimate of drug-likeness (QED) is 0.173. The van der Waals surface area contributed by atoms with E-state index in [1.807, 2.05) is 12.1 Å². The second kappa shape index (κ2) is 12.6. The van der Waals surface area contributed by atoms with Crippen LogP contribution in [0.15, 0.2) is 209 Å². The van der Waals surface area contributed by atoms with Crippen molar-refractivity contribution in [2.45, 2.75) is 0 Å². The number of furan rings is 2. The molecule has 0 atom stereocenters. The molecule has 0 saturated heterocycles. The summed E-state index contributed by atoms with van der Waals surface area (Å²) in [7, 11) is 0. The maximum absolute atomic E-state index is 6.79. The van der Waals surface area contributed by atoms with Gasteiger partial charge in [-0.3, -0.25) is 0 Å². The molecule has 11 rings (SSSR count). The molecular formula is C52H33NO2. The van der Waals surface area contributed by atoms with Crippen LogP contribution in [0.1, 0.15) is 0 Å². The van der Waals surface area contributed by atoms with Crippen molar-refractivity contribution in [3.8, 4) is 33.4 Å². The average molecular weight is 704 g/mol. The Morgan fingerprint density at radius 2 is 0.909 bits per heavy atom. The molecule has 11 aromatic rings. The molecule has 2 heterocycles. The third-order valence-electron chi connectivity index (χ3n) is 10.8. The van der Waals surface area contributed by atoms with Crippen LogP contribution in [0, 0.1) is 0 Å². The van der Waals surface area contributed by atoms with Gasteiger partial charge in [0, 0.05) is 32.8 Å². The first-order chi connectivity index (χ1) is 27.3. The number of benzene rings is 9. The first kappa shape index (κ1) is 31.2. The second-order valence-electron chi connectivity index (χ2n) is 14.0.